The molecule has 1 atom stereocenters. The molecule has 4 nitrogen and oxygen atoms in total. The number of phenolic OH excluding ortho intramolecular Hbond substituents is 1. The number of benzene rings is 1. The molecule has 1 aromatic rings. The van der Waals surface area contributed by atoms with E-state index in [1.54, 1.807) is 6.07 Å². The number of hydrogen-bond donors (Lipinski definition) is 2. The number of fused-ring (bicyclic) bond motifs is 1. The number of phenols is 1. The van der Waals surface area contributed by atoms with Crippen molar-refractivity contribution in [3.63, 3.8) is 0 Å². The Bertz CT molecular complexity index is 336. The summed E-state index contributed by atoms with van der Waals surface area (Å²) in [6, 6.07) is 2.94. The zero-order valence-electron chi connectivity index (χ0n) is 7.28. The summed E-state index contributed by atoms with van der Waals surface area (Å²) in [5, 5.41) is 9.34. The van der Waals surface area contributed by atoms with E-state index in [4.69, 9.17) is 15.2 Å². The molecule has 2 rings (SSSR count). The van der Waals surface area contributed by atoms with Crippen LogP contribution in [0.25, 0.3) is 0 Å². The molecule has 13 heavy (non-hydrogen) atoms. The van der Waals surface area contributed by atoms with Crippen LogP contribution in [0.15, 0.2) is 12.1 Å². The highest BCUT2D eigenvalue weighted by molar-refractivity contribution is 5.53. The smallest absolute Gasteiger partial charge is 0.231 e. The van der Waals surface area contributed by atoms with Gasteiger partial charge in [-0.2, -0.15) is 0 Å². The number of ether oxygens (including phenoxy) is 2. The summed E-state index contributed by atoms with van der Waals surface area (Å²) >= 11 is 0. The van der Waals surface area contributed by atoms with E-state index in [0.717, 1.165) is 5.56 Å². The van der Waals surface area contributed by atoms with Gasteiger partial charge in [0.05, 0.1) is 0 Å². The van der Waals surface area contributed by atoms with Gasteiger partial charge in [-0.05, 0) is 13.0 Å². The Kier molecular flexibility index (Phi) is 1.77. The minimum absolute atomic E-state index is 0.150. The molecule has 0 aromatic heterocycles. The van der Waals surface area contributed by atoms with Gasteiger partial charge in [0.1, 0.15) is 5.75 Å². The Morgan fingerprint density at radius 1 is 1.46 bits per heavy atom. The van der Waals surface area contributed by atoms with Crippen molar-refractivity contribution < 1.29 is 14.6 Å². The Hall–Kier alpha value is -1.42. The third-order valence-corrected chi connectivity index (χ3v) is 1.98. The molecule has 0 saturated carbocycles. The van der Waals surface area contributed by atoms with Crippen LogP contribution in [0.5, 0.6) is 17.2 Å². The largest absolute Gasteiger partial charge is 0.508 e. The second-order valence-corrected chi connectivity index (χ2v) is 3.06. The molecule has 0 radical (unpaired) electrons. The second kappa shape index (κ2) is 2.81. The Balaban J connectivity index is 2.55. The molecule has 1 aromatic carbocycles. The van der Waals surface area contributed by atoms with Gasteiger partial charge < -0.3 is 20.3 Å². The van der Waals surface area contributed by atoms with Gasteiger partial charge in [0, 0.05) is 17.7 Å². The lowest BCUT2D eigenvalue weighted by Crippen LogP contribution is -2.06. The summed E-state index contributed by atoms with van der Waals surface area (Å²) in [6.07, 6.45) is 0. The lowest BCUT2D eigenvalue weighted by atomic mass is 10.1. The normalized spacial score (nSPS) is 15.8. The van der Waals surface area contributed by atoms with E-state index < -0.39 is 0 Å². The second-order valence-electron chi connectivity index (χ2n) is 3.06. The van der Waals surface area contributed by atoms with Crippen molar-refractivity contribution >= 4 is 0 Å². The third-order valence-electron chi connectivity index (χ3n) is 1.98. The van der Waals surface area contributed by atoms with Crippen molar-refractivity contribution in [1.29, 1.82) is 0 Å². The van der Waals surface area contributed by atoms with Crippen LogP contribution in [0.3, 0.4) is 0 Å². The Morgan fingerprint density at radius 3 is 2.92 bits per heavy atom. The molecule has 0 amide bonds. The van der Waals surface area contributed by atoms with E-state index in [1.165, 1.54) is 6.07 Å². The van der Waals surface area contributed by atoms with Gasteiger partial charge in [-0.15, -0.1) is 0 Å². The zero-order valence-corrected chi connectivity index (χ0v) is 7.28. The molecule has 1 aliphatic rings. The summed E-state index contributed by atoms with van der Waals surface area (Å²) < 4.78 is 10.4. The molecule has 1 heterocycles. The van der Waals surface area contributed by atoms with Gasteiger partial charge in [0.2, 0.25) is 6.79 Å². The highest BCUT2D eigenvalue weighted by atomic mass is 16.7. The fourth-order valence-corrected chi connectivity index (χ4v) is 1.36. The van der Waals surface area contributed by atoms with E-state index in [2.05, 4.69) is 0 Å². The highest BCUT2D eigenvalue weighted by Gasteiger charge is 2.20. The molecule has 0 spiro atoms. The highest BCUT2D eigenvalue weighted by Crippen LogP contribution is 2.40. The zero-order chi connectivity index (χ0) is 9.42. The monoisotopic (exact) mass is 181 g/mol. The molecule has 1 unspecified atom stereocenters. The number of aromatic hydroxyl groups is 1. The lowest BCUT2D eigenvalue weighted by molar-refractivity contribution is 0.173. The summed E-state index contributed by atoms with van der Waals surface area (Å²) in [5.41, 5.74) is 6.48. The van der Waals surface area contributed by atoms with Gasteiger partial charge in [0.15, 0.2) is 11.5 Å². The summed E-state index contributed by atoms with van der Waals surface area (Å²) in [7, 11) is 0. The fraction of sp³-hybridized carbons (Fsp3) is 0.333. The van der Waals surface area contributed by atoms with Crippen LogP contribution >= 0.6 is 0 Å². The fourth-order valence-electron chi connectivity index (χ4n) is 1.36. The van der Waals surface area contributed by atoms with E-state index >= 15 is 0 Å². The van der Waals surface area contributed by atoms with Crippen LogP contribution in [0.4, 0.5) is 0 Å². The summed E-state index contributed by atoms with van der Waals surface area (Å²) in [5.74, 6) is 1.36. The predicted molar refractivity (Wildman–Crippen MR) is 46.8 cm³/mol. The molecule has 3 N–H and O–H groups in total. The molecular formula is C9H11NO3. The van der Waals surface area contributed by atoms with Crippen LogP contribution in [0.1, 0.15) is 18.5 Å². The average Bonchev–Trinajstić information content (AvgIpc) is 2.49. The Labute approximate surface area is 75.9 Å². The maximum atomic E-state index is 9.34. The lowest BCUT2D eigenvalue weighted by Gasteiger charge is -2.09. The van der Waals surface area contributed by atoms with Crippen molar-refractivity contribution in [2.24, 2.45) is 5.73 Å². The molecule has 1 aliphatic heterocycles. The standard InChI is InChI=1S/C9H11NO3/c1-5(10)7-2-6(11)3-8-9(7)13-4-12-8/h2-3,5,11H,4,10H2,1H3. The first-order chi connectivity index (χ1) is 6.18. The number of rotatable bonds is 1. The quantitative estimate of drug-likeness (QED) is 0.681. The topological polar surface area (TPSA) is 64.7 Å². The summed E-state index contributed by atoms with van der Waals surface area (Å²) in [6.45, 7) is 2.02. The minimum Gasteiger partial charge on any atom is -0.508 e. The van der Waals surface area contributed by atoms with Crippen molar-refractivity contribution in [1.82, 2.24) is 0 Å². The molecule has 0 aliphatic carbocycles. The number of nitrogens with two attached hydrogens (primary N) is 1. The van der Waals surface area contributed by atoms with Crippen LogP contribution in [-0.4, -0.2) is 11.9 Å². The first kappa shape index (κ1) is 8.19. The molecule has 0 saturated heterocycles. The van der Waals surface area contributed by atoms with E-state index in [-0.39, 0.29) is 18.6 Å². The average molecular weight is 181 g/mol. The van der Waals surface area contributed by atoms with Gasteiger partial charge in [-0.3, -0.25) is 0 Å². The maximum absolute atomic E-state index is 9.34. The molecule has 0 bridgehead atoms. The van der Waals surface area contributed by atoms with E-state index in [0.29, 0.717) is 11.5 Å². The van der Waals surface area contributed by atoms with Gasteiger partial charge in [-0.25, -0.2) is 0 Å². The molecule has 70 valence electrons. The van der Waals surface area contributed by atoms with Crippen LogP contribution in [-0.2, 0) is 0 Å². The first-order valence-corrected chi connectivity index (χ1v) is 4.06. The molecule has 0 fully saturated rings. The first-order valence-electron chi connectivity index (χ1n) is 4.06. The predicted octanol–water partition coefficient (Wildman–Crippen LogP) is 1.14. The van der Waals surface area contributed by atoms with E-state index in [9.17, 15) is 5.11 Å². The number of hydrogen-bond acceptors (Lipinski definition) is 4. The maximum Gasteiger partial charge on any atom is 0.231 e. The van der Waals surface area contributed by atoms with Gasteiger partial charge >= 0.3 is 0 Å². The molecular weight excluding hydrogens is 170 g/mol. The van der Waals surface area contributed by atoms with Crippen LogP contribution < -0.4 is 15.2 Å². The van der Waals surface area contributed by atoms with Crippen molar-refractivity contribution in [3.8, 4) is 17.2 Å². The Morgan fingerprint density at radius 2 is 2.23 bits per heavy atom. The molecule has 4 heteroatoms. The van der Waals surface area contributed by atoms with Gasteiger partial charge in [-0.1, -0.05) is 0 Å². The van der Waals surface area contributed by atoms with E-state index in [1.807, 2.05) is 6.92 Å². The van der Waals surface area contributed by atoms with Crippen LogP contribution in [0.2, 0.25) is 0 Å². The van der Waals surface area contributed by atoms with Crippen molar-refractivity contribution in [3.05, 3.63) is 17.7 Å². The minimum atomic E-state index is -0.178. The van der Waals surface area contributed by atoms with Crippen molar-refractivity contribution in [2.75, 3.05) is 6.79 Å². The third kappa shape index (κ3) is 1.29. The summed E-state index contributed by atoms with van der Waals surface area (Å²) in [4.78, 5) is 0. The van der Waals surface area contributed by atoms with Gasteiger partial charge in [0.25, 0.3) is 0 Å². The van der Waals surface area contributed by atoms with Crippen molar-refractivity contribution in [2.45, 2.75) is 13.0 Å². The SMILES string of the molecule is CC(N)c1cc(O)cc2c1OCO2. The van der Waals surface area contributed by atoms with Crippen LogP contribution in [0, 0.1) is 0 Å².